The molecule has 0 spiro atoms. The molecular formula is C14H20N4O2. The lowest BCUT2D eigenvalue weighted by molar-refractivity contribution is -0.130. The fraction of sp³-hybridized carbons (Fsp3) is 0.500. The van der Waals surface area contributed by atoms with Gasteiger partial charge in [0.25, 0.3) is 0 Å². The van der Waals surface area contributed by atoms with Crippen LogP contribution in [0.2, 0.25) is 0 Å². The first-order valence-electron chi connectivity index (χ1n) is 6.90. The highest BCUT2D eigenvalue weighted by atomic mass is 16.3. The minimum Gasteiger partial charge on any atom is -0.368 e. The highest BCUT2D eigenvalue weighted by Crippen LogP contribution is 2.22. The highest BCUT2D eigenvalue weighted by Gasteiger charge is 2.28. The number of hydrogen-bond donors (Lipinski definition) is 1. The number of nitroso groups, excluding NO2 is 1. The summed E-state index contributed by atoms with van der Waals surface area (Å²) in [5.41, 5.74) is 6.38. The number of rotatable bonds is 6. The van der Waals surface area contributed by atoms with Crippen molar-refractivity contribution in [1.29, 1.82) is 0 Å². The average molecular weight is 276 g/mol. The topological polar surface area (TPSA) is 79.0 Å². The zero-order chi connectivity index (χ0) is 14.4. The van der Waals surface area contributed by atoms with E-state index in [2.05, 4.69) is 17.4 Å². The van der Waals surface area contributed by atoms with E-state index in [1.165, 1.54) is 10.7 Å². The predicted octanol–water partition coefficient (Wildman–Crippen LogP) is 1.47. The monoisotopic (exact) mass is 276 g/mol. The van der Waals surface area contributed by atoms with Crippen molar-refractivity contribution in [2.45, 2.75) is 31.7 Å². The van der Waals surface area contributed by atoms with Crippen LogP contribution in [0.15, 0.2) is 35.6 Å². The Balaban J connectivity index is 2.07. The van der Waals surface area contributed by atoms with Crippen LogP contribution in [0.1, 0.15) is 24.8 Å². The average Bonchev–Trinajstić information content (AvgIpc) is 2.46. The maximum atomic E-state index is 11.0. The number of nitrogens with two attached hydrogens (primary N) is 1. The van der Waals surface area contributed by atoms with Gasteiger partial charge in [0.15, 0.2) is 0 Å². The van der Waals surface area contributed by atoms with E-state index < -0.39 is 5.91 Å². The molecule has 20 heavy (non-hydrogen) atoms. The lowest BCUT2D eigenvalue weighted by Gasteiger charge is -2.39. The fourth-order valence-electron chi connectivity index (χ4n) is 2.69. The number of benzene rings is 1. The molecule has 0 radical (unpaired) electrons. The van der Waals surface area contributed by atoms with E-state index in [9.17, 15) is 9.70 Å². The number of hydrogen-bond acceptors (Lipinski definition) is 4. The number of amides is 1. The first-order chi connectivity index (χ1) is 9.70. The maximum Gasteiger partial charge on any atom is 0.240 e. The zero-order valence-corrected chi connectivity index (χ0v) is 11.4. The molecule has 0 aromatic heterocycles. The molecule has 1 fully saturated rings. The Labute approximate surface area is 118 Å². The van der Waals surface area contributed by atoms with Gasteiger partial charge in [0.1, 0.15) is 6.54 Å². The molecule has 1 aromatic carbocycles. The van der Waals surface area contributed by atoms with Gasteiger partial charge in [0.05, 0.1) is 5.29 Å². The minimum absolute atomic E-state index is 0.158. The summed E-state index contributed by atoms with van der Waals surface area (Å²) in [6, 6.07) is 10.3. The van der Waals surface area contributed by atoms with Gasteiger partial charge in [-0.05, 0) is 24.8 Å². The predicted molar refractivity (Wildman–Crippen MR) is 76.2 cm³/mol. The van der Waals surface area contributed by atoms with Gasteiger partial charge in [-0.3, -0.25) is 4.79 Å². The zero-order valence-electron chi connectivity index (χ0n) is 11.4. The second-order valence-corrected chi connectivity index (χ2v) is 5.08. The third kappa shape index (κ3) is 3.77. The van der Waals surface area contributed by atoms with Gasteiger partial charge in [-0.15, -0.1) is 4.91 Å². The summed E-state index contributed by atoms with van der Waals surface area (Å²) in [6.45, 7) is 0.575. The van der Waals surface area contributed by atoms with Crippen molar-refractivity contribution < 1.29 is 4.79 Å². The molecule has 1 heterocycles. The molecule has 2 rings (SSSR count). The first-order valence-corrected chi connectivity index (χ1v) is 6.90. The molecule has 0 bridgehead atoms. The summed E-state index contributed by atoms with van der Waals surface area (Å²) in [4.78, 5) is 22.0. The Hall–Kier alpha value is -1.95. The SMILES string of the molecule is NC(=O)CN(N=O)N1CCCCC1Cc1ccccc1. The number of nitrogens with zero attached hydrogens (tertiary/aromatic N) is 3. The van der Waals surface area contributed by atoms with Crippen LogP contribution in [0.5, 0.6) is 0 Å². The Morgan fingerprint density at radius 2 is 2.10 bits per heavy atom. The Morgan fingerprint density at radius 1 is 1.35 bits per heavy atom. The molecule has 0 saturated carbocycles. The van der Waals surface area contributed by atoms with E-state index in [0.717, 1.165) is 32.2 Å². The molecule has 108 valence electrons. The number of piperidine rings is 1. The Bertz CT molecular complexity index is 452. The Kier molecular flexibility index (Phi) is 5.06. The second-order valence-electron chi connectivity index (χ2n) is 5.08. The molecule has 2 N–H and O–H groups in total. The van der Waals surface area contributed by atoms with Gasteiger partial charge < -0.3 is 5.73 Å². The largest absolute Gasteiger partial charge is 0.368 e. The summed E-state index contributed by atoms with van der Waals surface area (Å²) in [6.07, 6.45) is 3.94. The van der Waals surface area contributed by atoms with Crippen molar-refractivity contribution in [1.82, 2.24) is 10.1 Å². The van der Waals surface area contributed by atoms with Crippen LogP contribution >= 0.6 is 0 Å². The van der Waals surface area contributed by atoms with Gasteiger partial charge >= 0.3 is 0 Å². The molecule has 6 nitrogen and oxygen atoms in total. The van der Waals surface area contributed by atoms with E-state index in [1.54, 1.807) is 0 Å². The molecule has 1 unspecified atom stereocenters. The quantitative estimate of drug-likeness (QED) is 0.630. The third-order valence-electron chi connectivity index (χ3n) is 3.60. The molecular weight excluding hydrogens is 256 g/mol. The molecule has 1 aromatic rings. The highest BCUT2D eigenvalue weighted by molar-refractivity contribution is 5.75. The van der Waals surface area contributed by atoms with Crippen LogP contribution in [-0.4, -0.2) is 35.2 Å². The van der Waals surface area contributed by atoms with E-state index >= 15 is 0 Å². The van der Waals surface area contributed by atoms with Crippen LogP contribution in [0.4, 0.5) is 0 Å². The van der Waals surface area contributed by atoms with Gasteiger partial charge in [0.2, 0.25) is 5.91 Å². The summed E-state index contributed by atoms with van der Waals surface area (Å²) < 4.78 is 0. The van der Waals surface area contributed by atoms with E-state index in [4.69, 9.17) is 5.73 Å². The number of carbonyl (C=O) groups excluding carboxylic acids is 1. The molecule has 1 atom stereocenters. The molecule has 1 saturated heterocycles. The molecule has 6 heteroatoms. The van der Waals surface area contributed by atoms with Crippen LogP contribution in [0, 0.1) is 4.91 Å². The second kappa shape index (κ2) is 7.00. The van der Waals surface area contributed by atoms with Gasteiger partial charge in [0, 0.05) is 12.6 Å². The molecule has 1 amide bonds. The van der Waals surface area contributed by atoms with Crippen molar-refractivity contribution in [2.75, 3.05) is 13.1 Å². The van der Waals surface area contributed by atoms with Crippen LogP contribution in [0.3, 0.4) is 0 Å². The van der Waals surface area contributed by atoms with Crippen molar-refractivity contribution in [3.63, 3.8) is 0 Å². The van der Waals surface area contributed by atoms with Crippen molar-refractivity contribution in [2.24, 2.45) is 11.0 Å². The summed E-state index contributed by atoms with van der Waals surface area (Å²) in [5, 5.41) is 6.01. The standard InChI is InChI=1S/C14H20N4O2/c15-14(19)11-18(16-20)17-9-5-4-8-13(17)10-12-6-2-1-3-7-12/h1-3,6-7,13H,4-5,8-11H2,(H2,15,19). The summed E-state index contributed by atoms with van der Waals surface area (Å²) in [7, 11) is 0. The van der Waals surface area contributed by atoms with E-state index in [0.29, 0.717) is 0 Å². The molecule has 1 aliphatic rings. The minimum atomic E-state index is -0.548. The van der Waals surface area contributed by atoms with Crippen LogP contribution in [0.25, 0.3) is 0 Å². The van der Waals surface area contributed by atoms with Gasteiger partial charge in [-0.25, -0.2) is 0 Å². The van der Waals surface area contributed by atoms with Gasteiger partial charge in [-0.1, -0.05) is 36.8 Å². The molecule has 1 aliphatic heterocycles. The van der Waals surface area contributed by atoms with Crippen molar-refractivity contribution in [3.8, 4) is 0 Å². The lowest BCUT2D eigenvalue weighted by Crippen LogP contribution is -2.51. The van der Waals surface area contributed by atoms with E-state index in [-0.39, 0.29) is 12.6 Å². The van der Waals surface area contributed by atoms with Crippen LogP contribution < -0.4 is 5.73 Å². The van der Waals surface area contributed by atoms with Crippen molar-refractivity contribution in [3.05, 3.63) is 40.8 Å². The summed E-state index contributed by atoms with van der Waals surface area (Å²) >= 11 is 0. The summed E-state index contributed by atoms with van der Waals surface area (Å²) in [5.74, 6) is -0.548. The fourth-order valence-corrected chi connectivity index (χ4v) is 2.69. The number of hydrazine groups is 1. The van der Waals surface area contributed by atoms with Crippen LogP contribution in [-0.2, 0) is 11.2 Å². The number of primary amides is 1. The third-order valence-corrected chi connectivity index (χ3v) is 3.60. The number of carbonyl (C=O) groups is 1. The maximum absolute atomic E-state index is 11.0. The van der Waals surface area contributed by atoms with Gasteiger partial charge in [-0.2, -0.15) is 10.1 Å². The van der Waals surface area contributed by atoms with Crippen molar-refractivity contribution >= 4 is 5.91 Å². The molecule has 0 aliphatic carbocycles. The van der Waals surface area contributed by atoms with E-state index in [1.807, 2.05) is 23.2 Å². The smallest absolute Gasteiger partial charge is 0.240 e. The normalized spacial score (nSPS) is 19.5. The first kappa shape index (κ1) is 14.5. The Morgan fingerprint density at radius 3 is 2.75 bits per heavy atom. The lowest BCUT2D eigenvalue weighted by atomic mass is 9.97.